The van der Waals surface area contributed by atoms with Crippen molar-refractivity contribution in [2.45, 2.75) is 31.7 Å². The van der Waals surface area contributed by atoms with Crippen LogP contribution < -0.4 is 10.5 Å². The van der Waals surface area contributed by atoms with Gasteiger partial charge >= 0.3 is 0 Å². The van der Waals surface area contributed by atoms with Gasteiger partial charge in [-0.1, -0.05) is 11.6 Å². The maximum absolute atomic E-state index is 12.3. The van der Waals surface area contributed by atoms with E-state index < -0.39 is 16.1 Å². The van der Waals surface area contributed by atoms with Crippen LogP contribution in [0.4, 0.5) is 5.69 Å². The molecule has 0 aromatic heterocycles. The van der Waals surface area contributed by atoms with Crippen molar-refractivity contribution >= 4 is 33.2 Å². The lowest BCUT2D eigenvalue weighted by Gasteiger charge is -2.20. The normalized spacial score (nSPS) is 13.0. The van der Waals surface area contributed by atoms with E-state index in [1.165, 1.54) is 24.0 Å². The third-order valence-electron chi connectivity index (χ3n) is 3.12. The molecule has 3 N–H and O–H groups in total. The lowest BCUT2D eigenvalue weighted by molar-refractivity contribution is -0.131. The number of carbonyl (C=O) groups is 1. The highest BCUT2D eigenvalue weighted by Gasteiger charge is 2.24. The number of halogens is 1. The Balaban J connectivity index is 3.05. The van der Waals surface area contributed by atoms with Crippen molar-refractivity contribution in [1.82, 2.24) is 9.62 Å². The number of aryl methyl sites for hydroxylation is 1. The van der Waals surface area contributed by atoms with Gasteiger partial charge in [0.2, 0.25) is 15.9 Å². The molecule has 21 heavy (non-hydrogen) atoms. The van der Waals surface area contributed by atoms with Crippen LogP contribution in [0.3, 0.4) is 0 Å². The minimum Gasteiger partial charge on any atom is -0.397 e. The quantitative estimate of drug-likeness (QED) is 0.796. The molecule has 0 aliphatic rings. The highest BCUT2D eigenvalue weighted by atomic mass is 35.5. The van der Waals surface area contributed by atoms with Crippen LogP contribution >= 0.6 is 11.6 Å². The Bertz CT molecular complexity index is 623. The Kier molecular flexibility index (Phi) is 5.61. The molecule has 1 unspecified atom stereocenters. The van der Waals surface area contributed by atoms with E-state index in [1.54, 1.807) is 14.0 Å². The summed E-state index contributed by atoms with van der Waals surface area (Å²) in [7, 11) is -2.24. The Morgan fingerprint density at radius 1 is 1.48 bits per heavy atom. The minimum absolute atomic E-state index is 0.0132. The van der Waals surface area contributed by atoms with E-state index in [0.29, 0.717) is 17.1 Å². The monoisotopic (exact) mass is 333 g/mol. The van der Waals surface area contributed by atoms with Crippen LogP contribution in [0.1, 0.15) is 19.4 Å². The molecule has 0 aliphatic carbocycles. The molecule has 0 fully saturated rings. The molecule has 1 aromatic rings. The SMILES string of the molecule is CCN(C)C(=O)C(C)NS(=O)(=O)c1cc(C)c(Cl)c(N)c1. The number of anilines is 1. The van der Waals surface area contributed by atoms with E-state index in [2.05, 4.69) is 4.72 Å². The highest BCUT2D eigenvalue weighted by Crippen LogP contribution is 2.26. The van der Waals surface area contributed by atoms with Crippen LogP contribution in [0.2, 0.25) is 5.02 Å². The Morgan fingerprint density at radius 2 is 2.05 bits per heavy atom. The molecule has 6 nitrogen and oxygen atoms in total. The lowest BCUT2D eigenvalue weighted by Crippen LogP contribution is -2.45. The number of rotatable bonds is 5. The number of sulfonamides is 1. The molecular weight excluding hydrogens is 314 g/mol. The van der Waals surface area contributed by atoms with Gasteiger partial charge < -0.3 is 10.6 Å². The number of nitrogens with zero attached hydrogens (tertiary/aromatic N) is 1. The van der Waals surface area contributed by atoms with Gasteiger partial charge in [-0.25, -0.2) is 8.42 Å². The van der Waals surface area contributed by atoms with Crippen LogP contribution in [0.15, 0.2) is 17.0 Å². The third kappa shape index (κ3) is 4.09. The topological polar surface area (TPSA) is 92.5 Å². The standard InChI is InChI=1S/C13H20ClN3O3S/c1-5-17(4)13(18)9(3)16-21(19,20)10-6-8(2)12(14)11(15)7-10/h6-7,9,16H,5,15H2,1-4H3. The van der Waals surface area contributed by atoms with Gasteiger partial charge in [0, 0.05) is 13.6 Å². The van der Waals surface area contributed by atoms with Gasteiger partial charge in [0.15, 0.2) is 0 Å². The van der Waals surface area contributed by atoms with E-state index in [4.69, 9.17) is 17.3 Å². The molecule has 0 radical (unpaired) electrons. The van der Waals surface area contributed by atoms with E-state index in [-0.39, 0.29) is 16.5 Å². The van der Waals surface area contributed by atoms with E-state index in [1.807, 2.05) is 6.92 Å². The maximum atomic E-state index is 12.3. The smallest absolute Gasteiger partial charge is 0.241 e. The minimum atomic E-state index is -3.84. The van der Waals surface area contributed by atoms with E-state index in [0.717, 1.165) is 0 Å². The van der Waals surface area contributed by atoms with Crippen LogP contribution in [-0.4, -0.2) is 38.9 Å². The van der Waals surface area contributed by atoms with Crippen LogP contribution in [0.25, 0.3) is 0 Å². The van der Waals surface area contributed by atoms with Gasteiger partial charge in [-0.05, 0) is 38.5 Å². The molecular formula is C13H20ClN3O3S. The fraction of sp³-hybridized carbons (Fsp3) is 0.462. The predicted octanol–water partition coefficient (Wildman–Crippen LogP) is 1.38. The first-order valence-electron chi connectivity index (χ1n) is 6.43. The summed E-state index contributed by atoms with van der Waals surface area (Å²) in [6, 6.07) is 1.83. The summed E-state index contributed by atoms with van der Waals surface area (Å²) in [6.07, 6.45) is 0. The van der Waals surface area contributed by atoms with Crippen LogP contribution in [0, 0.1) is 6.92 Å². The average molecular weight is 334 g/mol. The summed E-state index contributed by atoms with van der Waals surface area (Å²) >= 11 is 5.92. The molecule has 0 saturated heterocycles. The van der Waals surface area contributed by atoms with Crippen molar-refractivity contribution in [2.24, 2.45) is 0 Å². The Morgan fingerprint density at radius 3 is 2.52 bits per heavy atom. The number of nitrogen functional groups attached to an aromatic ring is 1. The van der Waals surface area contributed by atoms with Gasteiger partial charge in [-0.3, -0.25) is 4.79 Å². The summed E-state index contributed by atoms with van der Waals surface area (Å²) in [4.78, 5) is 13.4. The molecule has 1 atom stereocenters. The highest BCUT2D eigenvalue weighted by molar-refractivity contribution is 7.89. The first-order valence-corrected chi connectivity index (χ1v) is 8.29. The van der Waals surface area contributed by atoms with Crippen LogP contribution in [-0.2, 0) is 14.8 Å². The van der Waals surface area contributed by atoms with Gasteiger partial charge in [-0.2, -0.15) is 4.72 Å². The molecule has 0 heterocycles. The van der Waals surface area contributed by atoms with Crippen molar-refractivity contribution in [3.63, 3.8) is 0 Å². The number of nitrogens with two attached hydrogens (primary N) is 1. The molecule has 1 aromatic carbocycles. The van der Waals surface area contributed by atoms with Crippen molar-refractivity contribution in [1.29, 1.82) is 0 Å². The maximum Gasteiger partial charge on any atom is 0.241 e. The van der Waals surface area contributed by atoms with E-state index in [9.17, 15) is 13.2 Å². The number of carbonyl (C=O) groups excluding carboxylic acids is 1. The second kappa shape index (κ2) is 6.64. The molecule has 1 amide bonds. The van der Waals surface area contributed by atoms with Gasteiger partial charge in [-0.15, -0.1) is 0 Å². The summed E-state index contributed by atoms with van der Waals surface area (Å²) in [5.41, 5.74) is 6.42. The van der Waals surface area contributed by atoms with E-state index >= 15 is 0 Å². The molecule has 118 valence electrons. The molecule has 8 heteroatoms. The summed E-state index contributed by atoms with van der Waals surface area (Å²) < 4.78 is 26.9. The summed E-state index contributed by atoms with van der Waals surface area (Å²) in [5, 5.41) is 0.323. The molecule has 0 saturated carbocycles. The zero-order chi connectivity index (χ0) is 16.4. The average Bonchev–Trinajstić information content (AvgIpc) is 2.41. The number of hydrogen-bond donors (Lipinski definition) is 2. The van der Waals surface area contributed by atoms with Crippen molar-refractivity contribution in [3.8, 4) is 0 Å². The van der Waals surface area contributed by atoms with Crippen molar-refractivity contribution in [3.05, 3.63) is 22.7 Å². The lowest BCUT2D eigenvalue weighted by atomic mass is 10.2. The number of likely N-dealkylation sites (N-methyl/N-ethyl adjacent to an activating group) is 1. The number of benzene rings is 1. The second-order valence-corrected chi connectivity index (χ2v) is 6.93. The fourth-order valence-electron chi connectivity index (χ4n) is 1.76. The number of amides is 1. The first kappa shape index (κ1) is 17.7. The second-order valence-electron chi connectivity index (χ2n) is 4.84. The zero-order valence-corrected chi connectivity index (χ0v) is 14.0. The fourth-order valence-corrected chi connectivity index (χ4v) is 3.18. The summed E-state index contributed by atoms with van der Waals surface area (Å²) in [5.74, 6) is -0.306. The molecule has 0 bridgehead atoms. The van der Waals surface area contributed by atoms with Gasteiger partial charge in [0.05, 0.1) is 21.6 Å². The first-order chi connectivity index (χ1) is 9.60. The van der Waals surface area contributed by atoms with Crippen LogP contribution in [0.5, 0.6) is 0 Å². The summed E-state index contributed by atoms with van der Waals surface area (Å²) in [6.45, 7) is 5.47. The third-order valence-corrected chi connectivity index (χ3v) is 5.16. The Labute approximate surface area is 130 Å². The van der Waals surface area contributed by atoms with Crippen molar-refractivity contribution < 1.29 is 13.2 Å². The van der Waals surface area contributed by atoms with Crippen molar-refractivity contribution in [2.75, 3.05) is 19.3 Å². The van der Waals surface area contributed by atoms with Gasteiger partial charge in [0.1, 0.15) is 0 Å². The molecule has 0 spiro atoms. The number of nitrogens with one attached hydrogen (secondary N) is 1. The number of hydrogen-bond acceptors (Lipinski definition) is 4. The van der Waals surface area contributed by atoms with Gasteiger partial charge in [0.25, 0.3) is 0 Å². The molecule has 1 rings (SSSR count). The zero-order valence-electron chi connectivity index (χ0n) is 12.5. The Hall–Kier alpha value is -1.31. The largest absolute Gasteiger partial charge is 0.397 e. The predicted molar refractivity (Wildman–Crippen MR) is 83.7 cm³/mol. The molecule has 0 aliphatic heterocycles.